The van der Waals surface area contributed by atoms with Crippen LogP contribution in [0.2, 0.25) is 0 Å². The first-order chi connectivity index (χ1) is 17.6. The molecule has 3 N–H and O–H groups in total. The number of hydrogen-bond acceptors (Lipinski definition) is 6. The van der Waals surface area contributed by atoms with E-state index in [9.17, 15) is 23.2 Å². The maximum atomic E-state index is 13.8. The van der Waals surface area contributed by atoms with Gasteiger partial charge >= 0.3 is 0 Å². The van der Waals surface area contributed by atoms with Crippen molar-refractivity contribution < 1.29 is 28.0 Å². The van der Waals surface area contributed by atoms with Gasteiger partial charge in [-0.05, 0) is 61.4 Å². The molecule has 1 aliphatic rings. The molecule has 0 aromatic heterocycles. The van der Waals surface area contributed by atoms with Gasteiger partial charge in [-0.3, -0.25) is 14.8 Å². The number of ether oxygens (including phenoxy) is 1. The van der Waals surface area contributed by atoms with Gasteiger partial charge in [-0.1, -0.05) is 44.2 Å². The van der Waals surface area contributed by atoms with Gasteiger partial charge in [0, 0.05) is 19.6 Å². The van der Waals surface area contributed by atoms with Crippen LogP contribution >= 0.6 is 0 Å². The second kappa shape index (κ2) is 12.5. The van der Waals surface area contributed by atoms with Crippen LogP contribution in [0.5, 0.6) is 5.75 Å². The van der Waals surface area contributed by atoms with Crippen molar-refractivity contribution in [3.05, 3.63) is 60.2 Å². The van der Waals surface area contributed by atoms with Crippen LogP contribution < -0.4 is 14.9 Å². The summed E-state index contributed by atoms with van der Waals surface area (Å²) in [5.74, 6) is -1.05. The number of methoxy groups -OCH3 is 1. The highest BCUT2D eigenvalue weighted by molar-refractivity contribution is 7.89. The van der Waals surface area contributed by atoms with Crippen LogP contribution in [-0.4, -0.2) is 57.1 Å². The number of nitrogens with one attached hydrogen (secondary N) is 2. The Morgan fingerprint density at radius 2 is 1.81 bits per heavy atom. The minimum absolute atomic E-state index is 0.0623. The summed E-state index contributed by atoms with van der Waals surface area (Å²) in [5, 5.41) is 9.53. The van der Waals surface area contributed by atoms with E-state index in [1.54, 1.807) is 22.5 Å². The normalized spacial score (nSPS) is 18.7. The number of carbonyl (C=O) groups is 2. The molecule has 0 radical (unpaired) electrons. The largest absolute Gasteiger partial charge is 0.497 e. The van der Waals surface area contributed by atoms with Crippen molar-refractivity contribution in [1.29, 1.82) is 0 Å². The summed E-state index contributed by atoms with van der Waals surface area (Å²) in [5.41, 5.74) is 1.82. The zero-order valence-corrected chi connectivity index (χ0v) is 22.5. The number of carbonyl (C=O) groups excluding carboxylic acids is 2. The summed E-state index contributed by atoms with van der Waals surface area (Å²) >= 11 is 0. The van der Waals surface area contributed by atoms with Crippen LogP contribution in [0.1, 0.15) is 38.7 Å². The fraction of sp³-hybridized carbons (Fsp3) is 0.481. The molecular formula is C27H37N3O6S. The molecule has 9 nitrogen and oxygen atoms in total. The van der Waals surface area contributed by atoms with Gasteiger partial charge in [0.25, 0.3) is 0 Å². The molecule has 10 heteroatoms. The van der Waals surface area contributed by atoms with Gasteiger partial charge in [0.15, 0.2) is 0 Å². The van der Waals surface area contributed by atoms with E-state index in [1.165, 1.54) is 19.2 Å². The lowest BCUT2D eigenvalue weighted by Crippen LogP contribution is -2.48. The molecule has 0 aliphatic carbocycles. The summed E-state index contributed by atoms with van der Waals surface area (Å²) in [6.07, 6.45) is 1.68. The zero-order chi connectivity index (χ0) is 27.1. The molecule has 2 aromatic rings. The monoisotopic (exact) mass is 531 g/mol. The lowest BCUT2D eigenvalue weighted by Gasteiger charge is -2.36. The summed E-state index contributed by atoms with van der Waals surface area (Å²) in [7, 11) is -2.34. The van der Waals surface area contributed by atoms with Crippen molar-refractivity contribution in [2.24, 2.45) is 17.3 Å². The first-order valence-electron chi connectivity index (χ1n) is 12.5. The Balaban J connectivity index is 1.76. The molecule has 1 saturated heterocycles. The van der Waals surface area contributed by atoms with E-state index in [-0.39, 0.29) is 29.7 Å². The Bertz CT molecular complexity index is 1150. The Labute approximate surface area is 219 Å². The van der Waals surface area contributed by atoms with Crippen molar-refractivity contribution in [2.75, 3.05) is 26.7 Å². The quantitative estimate of drug-likeness (QED) is 0.270. The number of likely N-dealkylation sites (tertiary alicyclic amines) is 1. The topological polar surface area (TPSA) is 125 Å². The van der Waals surface area contributed by atoms with E-state index in [2.05, 4.69) is 4.72 Å². The second-order valence-corrected chi connectivity index (χ2v) is 11.7. The third kappa shape index (κ3) is 6.88. The summed E-state index contributed by atoms with van der Waals surface area (Å²) in [6.45, 7) is 4.94. The van der Waals surface area contributed by atoms with Gasteiger partial charge in [0.1, 0.15) is 5.75 Å². The molecule has 2 amide bonds. The van der Waals surface area contributed by atoms with Crippen molar-refractivity contribution in [3.8, 4) is 5.75 Å². The number of nitrogens with zero attached hydrogens (tertiary/aromatic N) is 1. The molecule has 0 bridgehead atoms. The maximum absolute atomic E-state index is 13.8. The second-order valence-electron chi connectivity index (χ2n) is 9.92. The van der Waals surface area contributed by atoms with Crippen LogP contribution in [-0.2, 0) is 26.0 Å². The van der Waals surface area contributed by atoms with Gasteiger partial charge < -0.3 is 9.64 Å². The van der Waals surface area contributed by atoms with Gasteiger partial charge in [-0.25, -0.2) is 18.6 Å². The molecule has 3 rings (SSSR count). The zero-order valence-electron chi connectivity index (χ0n) is 21.6. The number of hydrogen-bond donors (Lipinski definition) is 3. The molecule has 0 spiro atoms. The smallest absolute Gasteiger partial charge is 0.247 e. The third-order valence-electron chi connectivity index (χ3n) is 7.02. The van der Waals surface area contributed by atoms with E-state index in [4.69, 9.17) is 4.74 Å². The van der Waals surface area contributed by atoms with Crippen molar-refractivity contribution in [3.63, 3.8) is 0 Å². The predicted molar refractivity (Wildman–Crippen MR) is 139 cm³/mol. The van der Waals surface area contributed by atoms with E-state index in [0.717, 1.165) is 5.56 Å². The summed E-state index contributed by atoms with van der Waals surface area (Å²) < 4.78 is 33.2. The van der Waals surface area contributed by atoms with E-state index >= 15 is 0 Å². The minimum atomic E-state index is -3.84. The number of rotatable bonds is 13. The highest BCUT2D eigenvalue weighted by Crippen LogP contribution is 2.46. The average Bonchev–Trinajstić information content (AvgIpc) is 3.20. The standard InChI is InChI=1S/C27H37N3O6S/c1-20(2)19-27(15-18-30(26(27)32)17-14-21-7-5-4-6-8-21)24(25(31)29-33)13-16-28-37(34,35)23-11-9-22(36-3)10-12-23/h4-12,20,24,28,33H,13-19H2,1-3H3,(H,29,31). The first kappa shape index (κ1) is 28.6. The van der Waals surface area contributed by atoms with Crippen LogP contribution in [0.3, 0.4) is 0 Å². The Hall–Kier alpha value is -2.95. The lowest BCUT2D eigenvalue weighted by atomic mass is 9.67. The summed E-state index contributed by atoms with van der Waals surface area (Å²) in [6, 6.07) is 15.9. The molecule has 2 aromatic carbocycles. The van der Waals surface area contributed by atoms with Gasteiger partial charge in [-0.15, -0.1) is 0 Å². The minimum Gasteiger partial charge on any atom is -0.497 e. The average molecular weight is 532 g/mol. The predicted octanol–water partition coefficient (Wildman–Crippen LogP) is 2.99. The molecule has 1 aliphatic heterocycles. The Morgan fingerprint density at radius 1 is 1.14 bits per heavy atom. The van der Waals surface area contributed by atoms with Crippen LogP contribution in [0.4, 0.5) is 0 Å². The number of amides is 2. The van der Waals surface area contributed by atoms with E-state index in [1.807, 2.05) is 44.2 Å². The molecule has 2 atom stereocenters. The fourth-order valence-corrected chi connectivity index (χ4v) is 6.32. The SMILES string of the molecule is COc1ccc(S(=O)(=O)NCCC(C(=O)NO)C2(CC(C)C)CCN(CCc3ccccc3)C2=O)cc1. The van der Waals surface area contributed by atoms with Crippen LogP contribution in [0, 0.1) is 17.3 Å². The highest BCUT2D eigenvalue weighted by atomic mass is 32.2. The molecule has 37 heavy (non-hydrogen) atoms. The Kier molecular flexibility index (Phi) is 9.69. The maximum Gasteiger partial charge on any atom is 0.247 e. The van der Waals surface area contributed by atoms with Gasteiger partial charge in [-0.2, -0.15) is 0 Å². The number of hydroxylamine groups is 1. The van der Waals surface area contributed by atoms with Crippen LogP contribution in [0.25, 0.3) is 0 Å². The molecule has 1 fully saturated rings. The summed E-state index contributed by atoms with van der Waals surface area (Å²) in [4.78, 5) is 28.5. The van der Waals surface area contributed by atoms with E-state index in [0.29, 0.717) is 38.1 Å². The Morgan fingerprint density at radius 3 is 2.41 bits per heavy atom. The molecule has 1 heterocycles. The van der Waals surface area contributed by atoms with Crippen LogP contribution in [0.15, 0.2) is 59.5 Å². The first-order valence-corrected chi connectivity index (χ1v) is 14.0. The van der Waals surface area contributed by atoms with Gasteiger partial charge in [0.2, 0.25) is 21.8 Å². The molecule has 0 saturated carbocycles. The van der Waals surface area contributed by atoms with Crippen molar-refractivity contribution >= 4 is 21.8 Å². The van der Waals surface area contributed by atoms with Crippen molar-refractivity contribution in [2.45, 2.75) is 44.4 Å². The van der Waals surface area contributed by atoms with Gasteiger partial charge in [0.05, 0.1) is 23.3 Å². The van der Waals surface area contributed by atoms with E-state index < -0.39 is 27.3 Å². The molecule has 202 valence electrons. The highest BCUT2D eigenvalue weighted by Gasteiger charge is 2.54. The number of benzene rings is 2. The third-order valence-corrected chi connectivity index (χ3v) is 8.49. The van der Waals surface area contributed by atoms with Crippen molar-refractivity contribution in [1.82, 2.24) is 15.1 Å². The molecule has 2 unspecified atom stereocenters. The molecular weight excluding hydrogens is 494 g/mol. The lowest BCUT2D eigenvalue weighted by molar-refractivity contribution is -0.149. The number of sulfonamides is 1. The fourth-order valence-electron chi connectivity index (χ4n) is 5.28.